The highest BCUT2D eigenvalue weighted by molar-refractivity contribution is 6.20. The topological polar surface area (TPSA) is 29.5 Å². The molecule has 1 aliphatic carbocycles. The van der Waals surface area contributed by atoms with Gasteiger partial charge in [0.2, 0.25) is 0 Å². The fraction of sp³-hybridized carbons (Fsp3) is 0.929. The van der Waals surface area contributed by atoms with Crippen molar-refractivity contribution in [3.63, 3.8) is 0 Å². The predicted octanol–water partition coefficient (Wildman–Crippen LogP) is 3.65. The van der Waals surface area contributed by atoms with Crippen molar-refractivity contribution in [2.45, 2.75) is 57.4 Å². The molecule has 1 saturated heterocycles. The summed E-state index contributed by atoms with van der Waals surface area (Å²) in [4.78, 5) is 13.9. The molecule has 0 aromatic carbocycles. The monoisotopic (exact) mass is 273 g/mol. The minimum Gasteiger partial charge on any atom is -0.444 e. The molecule has 1 amide bonds. The van der Waals surface area contributed by atoms with E-state index in [9.17, 15) is 4.79 Å². The molecule has 0 aromatic heterocycles. The second-order valence-corrected chi connectivity index (χ2v) is 7.27. The Morgan fingerprint density at radius 3 is 2.06 bits per heavy atom. The Hall–Kier alpha value is -0.440. The van der Waals surface area contributed by atoms with Crippen LogP contribution in [-0.4, -0.2) is 35.1 Å². The predicted molar refractivity (Wildman–Crippen MR) is 72.9 cm³/mol. The number of amides is 1. The Morgan fingerprint density at radius 1 is 1.11 bits per heavy atom. The van der Waals surface area contributed by atoms with Gasteiger partial charge in [0.25, 0.3) is 0 Å². The average molecular weight is 274 g/mol. The van der Waals surface area contributed by atoms with Crippen molar-refractivity contribution in [3.05, 3.63) is 0 Å². The highest BCUT2D eigenvalue weighted by Gasteiger charge is 2.38. The molecule has 0 N–H and O–H groups in total. The van der Waals surface area contributed by atoms with Crippen LogP contribution in [0.2, 0.25) is 0 Å². The van der Waals surface area contributed by atoms with Crippen molar-refractivity contribution >= 4 is 17.7 Å². The zero-order valence-electron chi connectivity index (χ0n) is 11.6. The summed E-state index contributed by atoms with van der Waals surface area (Å²) in [5.74, 6) is 1.25. The van der Waals surface area contributed by atoms with Gasteiger partial charge in [-0.1, -0.05) is 0 Å². The van der Waals surface area contributed by atoms with Crippen molar-refractivity contribution in [2.75, 3.05) is 13.1 Å². The van der Waals surface area contributed by atoms with Gasteiger partial charge in [-0.2, -0.15) is 0 Å². The Kier molecular flexibility index (Phi) is 4.10. The first-order valence-electron chi connectivity index (χ1n) is 6.97. The van der Waals surface area contributed by atoms with Gasteiger partial charge in [0.05, 0.1) is 0 Å². The van der Waals surface area contributed by atoms with E-state index in [1.165, 1.54) is 0 Å². The van der Waals surface area contributed by atoms with Gasteiger partial charge in [0.1, 0.15) is 5.60 Å². The minimum atomic E-state index is -0.400. The van der Waals surface area contributed by atoms with Gasteiger partial charge < -0.3 is 9.64 Å². The van der Waals surface area contributed by atoms with Crippen molar-refractivity contribution in [2.24, 2.45) is 11.8 Å². The van der Waals surface area contributed by atoms with Crippen molar-refractivity contribution < 1.29 is 9.53 Å². The number of nitrogens with zero attached hydrogens (tertiary/aromatic N) is 1. The van der Waals surface area contributed by atoms with Gasteiger partial charge in [-0.3, -0.25) is 0 Å². The zero-order valence-corrected chi connectivity index (χ0v) is 12.4. The number of carbonyl (C=O) groups is 1. The van der Waals surface area contributed by atoms with Crippen molar-refractivity contribution in [1.82, 2.24) is 4.90 Å². The molecule has 0 spiro atoms. The summed E-state index contributed by atoms with van der Waals surface area (Å²) in [5, 5.41) is 0.338. The van der Waals surface area contributed by atoms with E-state index in [0.717, 1.165) is 38.8 Å². The number of ether oxygens (including phenoxy) is 1. The summed E-state index contributed by atoms with van der Waals surface area (Å²) in [5.41, 5.74) is -0.400. The van der Waals surface area contributed by atoms with Crippen molar-refractivity contribution in [3.8, 4) is 0 Å². The molecule has 3 nitrogen and oxygen atoms in total. The van der Waals surface area contributed by atoms with Gasteiger partial charge in [-0.15, -0.1) is 11.6 Å². The second kappa shape index (κ2) is 5.28. The third kappa shape index (κ3) is 3.53. The lowest BCUT2D eigenvalue weighted by atomic mass is 9.92. The molecule has 2 unspecified atom stereocenters. The molecule has 18 heavy (non-hydrogen) atoms. The van der Waals surface area contributed by atoms with Crippen molar-refractivity contribution in [1.29, 1.82) is 0 Å². The number of hydrogen-bond donors (Lipinski definition) is 0. The Morgan fingerprint density at radius 2 is 1.61 bits per heavy atom. The SMILES string of the molecule is CC(C)(C)OC(=O)N1CC2CCC(Cl)CCC2C1. The summed E-state index contributed by atoms with van der Waals surface area (Å²) in [6.45, 7) is 7.44. The summed E-state index contributed by atoms with van der Waals surface area (Å²) in [6, 6.07) is 0. The van der Waals surface area contributed by atoms with Gasteiger partial charge in [0.15, 0.2) is 0 Å². The Balaban J connectivity index is 1.90. The van der Waals surface area contributed by atoms with Gasteiger partial charge >= 0.3 is 6.09 Å². The van der Waals surface area contributed by atoms with Crippen LogP contribution in [0.1, 0.15) is 46.5 Å². The standard InChI is InChI=1S/C14H24ClNO2/c1-14(2,3)18-13(17)16-8-10-4-6-12(15)7-5-11(10)9-16/h10-12H,4-9H2,1-3H3. The van der Waals surface area contributed by atoms with E-state index in [4.69, 9.17) is 16.3 Å². The maximum Gasteiger partial charge on any atom is 0.410 e. The third-order valence-electron chi connectivity index (χ3n) is 3.93. The smallest absolute Gasteiger partial charge is 0.410 e. The maximum absolute atomic E-state index is 12.0. The Labute approximate surface area is 115 Å². The molecule has 2 atom stereocenters. The van der Waals surface area contributed by atoms with Crippen LogP contribution in [0.5, 0.6) is 0 Å². The Bertz CT molecular complexity index is 297. The van der Waals surface area contributed by atoms with E-state index in [0.29, 0.717) is 17.2 Å². The molecule has 4 heteroatoms. The summed E-state index contributed by atoms with van der Waals surface area (Å²) < 4.78 is 5.44. The molecule has 1 saturated carbocycles. The number of carbonyl (C=O) groups excluding carboxylic acids is 1. The molecule has 2 fully saturated rings. The fourth-order valence-corrected chi connectivity index (χ4v) is 3.25. The van der Waals surface area contributed by atoms with Crippen LogP contribution in [-0.2, 0) is 4.74 Å². The highest BCUT2D eigenvalue weighted by atomic mass is 35.5. The number of halogens is 1. The number of fused-ring (bicyclic) bond motifs is 1. The molecule has 2 rings (SSSR count). The number of rotatable bonds is 0. The molecule has 0 bridgehead atoms. The number of likely N-dealkylation sites (tertiary alicyclic amines) is 1. The maximum atomic E-state index is 12.0. The lowest BCUT2D eigenvalue weighted by molar-refractivity contribution is 0.0282. The minimum absolute atomic E-state index is 0.155. The first-order chi connectivity index (χ1) is 8.35. The van der Waals surface area contributed by atoms with Crippen LogP contribution in [0.4, 0.5) is 4.79 Å². The molecule has 0 aromatic rings. The normalized spacial score (nSPS) is 32.9. The third-order valence-corrected chi connectivity index (χ3v) is 4.37. The number of alkyl halides is 1. The summed E-state index contributed by atoms with van der Waals surface area (Å²) in [7, 11) is 0. The van der Waals surface area contributed by atoms with E-state index >= 15 is 0 Å². The quantitative estimate of drug-likeness (QED) is 0.631. The lowest BCUT2D eigenvalue weighted by Crippen LogP contribution is -2.35. The van der Waals surface area contributed by atoms with E-state index in [1.807, 2.05) is 25.7 Å². The first kappa shape index (κ1) is 14.0. The van der Waals surface area contributed by atoms with Crippen LogP contribution in [0.3, 0.4) is 0 Å². The zero-order chi connectivity index (χ0) is 13.3. The van der Waals surface area contributed by atoms with Crippen LogP contribution >= 0.6 is 11.6 Å². The molecule has 1 heterocycles. The lowest BCUT2D eigenvalue weighted by Gasteiger charge is -2.24. The molecular weight excluding hydrogens is 250 g/mol. The second-order valence-electron chi connectivity index (χ2n) is 6.66. The van der Waals surface area contributed by atoms with Crippen LogP contribution in [0.25, 0.3) is 0 Å². The largest absolute Gasteiger partial charge is 0.444 e. The van der Waals surface area contributed by atoms with E-state index in [1.54, 1.807) is 0 Å². The number of hydrogen-bond acceptors (Lipinski definition) is 2. The van der Waals surface area contributed by atoms with Gasteiger partial charge in [-0.25, -0.2) is 4.79 Å². The molecule has 104 valence electrons. The highest BCUT2D eigenvalue weighted by Crippen LogP contribution is 2.36. The molecule has 2 aliphatic rings. The summed E-state index contributed by atoms with van der Waals surface area (Å²) >= 11 is 6.21. The van der Waals surface area contributed by atoms with Gasteiger partial charge in [-0.05, 0) is 58.3 Å². The molecular formula is C14H24ClNO2. The van der Waals surface area contributed by atoms with Crippen LogP contribution in [0, 0.1) is 11.8 Å². The summed E-state index contributed by atoms with van der Waals surface area (Å²) in [6.07, 6.45) is 4.32. The first-order valence-corrected chi connectivity index (χ1v) is 7.41. The van der Waals surface area contributed by atoms with E-state index in [2.05, 4.69) is 0 Å². The van der Waals surface area contributed by atoms with E-state index < -0.39 is 5.60 Å². The van der Waals surface area contributed by atoms with Crippen LogP contribution in [0.15, 0.2) is 0 Å². The average Bonchev–Trinajstić information content (AvgIpc) is 2.57. The van der Waals surface area contributed by atoms with Gasteiger partial charge in [0, 0.05) is 18.5 Å². The molecule has 0 radical (unpaired) electrons. The fourth-order valence-electron chi connectivity index (χ4n) is 3.00. The van der Waals surface area contributed by atoms with E-state index in [-0.39, 0.29) is 6.09 Å². The molecule has 1 aliphatic heterocycles. The van der Waals surface area contributed by atoms with Crippen LogP contribution < -0.4 is 0 Å².